The summed E-state index contributed by atoms with van der Waals surface area (Å²) in [5.74, 6) is 0.125. The van der Waals surface area contributed by atoms with Crippen molar-refractivity contribution in [3.05, 3.63) is 17.9 Å². The van der Waals surface area contributed by atoms with Gasteiger partial charge in [-0.05, 0) is 12.1 Å². The molecule has 1 aromatic rings. The van der Waals surface area contributed by atoms with Crippen LogP contribution in [0.4, 0.5) is 13.2 Å². The van der Waals surface area contributed by atoms with Gasteiger partial charge in [0.25, 0.3) is 10.0 Å². The van der Waals surface area contributed by atoms with E-state index in [0.29, 0.717) is 0 Å². The van der Waals surface area contributed by atoms with Crippen LogP contribution in [-0.4, -0.2) is 39.5 Å². The summed E-state index contributed by atoms with van der Waals surface area (Å²) < 4.78 is 64.7. The number of rotatable bonds is 5. The average molecular weight is 286 g/mol. The van der Waals surface area contributed by atoms with Crippen molar-refractivity contribution in [1.29, 1.82) is 0 Å². The van der Waals surface area contributed by atoms with Gasteiger partial charge in [-0.1, -0.05) is 0 Å². The van der Waals surface area contributed by atoms with Gasteiger partial charge in [-0.15, -0.1) is 0 Å². The summed E-state index contributed by atoms with van der Waals surface area (Å²) in [6, 6.07) is 2.53. The second-order valence-corrected chi connectivity index (χ2v) is 5.81. The number of halogens is 3. The number of hydrogen-bond acceptors (Lipinski definition) is 4. The van der Waals surface area contributed by atoms with Gasteiger partial charge < -0.3 is 9.73 Å². The Balaban J connectivity index is 2.65. The van der Waals surface area contributed by atoms with E-state index < -0.39 is 22.7 Å². The van der Waals surface area contributed by atoms with E-state index in [1.807, 2.05) is 0 Å². The summed E-state index contributed by atoms with van der Waals surface area (Å²) in [6.45, 7) is -1.36. The smallest absolute Gasteiger partial charge is 0.401 e. The van der Waals surface area contributed by atoms with Crippen molar-refractivity contribution in [1.82, 2.24) is 9.62 Å². The Hall–Kier alpha value is -1.06. The highest BCUT2D eigenvalue weighted by molar-refractivity contribution is 7.88. The monoisotopic (exact) mass is 286 g/mol. The molecule has 5 nitrogen and oxygen atoms in total. The minimum absolute atomic E-state index is 0.125. The third-order valence-electron chi connectivity index (χ3n) is 2.00. The Labute approximate surface area is 103 Å². The predicted molar refractivity (Wildman–Crippen MR) is 57.3 cm³/mol. The zero-order valence-corrected chi connectivity index (χ0v) is 10.6. The molecule has 1 aromatic heterocycles. The third kappa shape index (κ3) is 4.00. The maximum Gasteiger partial charge on any atom is 0.401 e. The molecule has 0 radical (unpaired) electrons. The van der Waals surface area contributed by atoms with Crippen LogP contribution >= 0.6 is 0 Å². The first kappa shape index (κ1) is 15.0. The fourth-order valence-electron chi connectivity index (χ4n) is 1.10. The van der Waals surface area contributed by atoms with Gasteiger partial charge in [-0.3, -0.25) is 0 Å². The molecule has 104 valence electrons. The number of hydrogen-bond donors (Lipinski definition) is 1. The minimum Gasteiger partial charge on any atom is -0.447 e. The lowest BCUT2D eigenvalue weighted by atomic mass is 10.4. The molecule has 0 unspecified atom stereocenters. The van der Waals surface area contributed by atoms with Gasteiger partial charge in [0.05, 0.1) is 13.1 Å². The zero-order chi connectivity index (χ0) is 14.0. The molecule has 0 saturated carbocycles. The molecule has 0 aromatic carbocycles. The molecule has 9 heteroatoms. The molecule has 0 fully saturated rings. The van der Waals surface area contributed by atoms with Gasteiger partial charge in [0, 0.05) is 14.1 Å². The maximum absolute atomic E-state index is 11.9. The van der Waals surface area contributed by atoms with E-state index in [2.05, 4.69) is 5.32 Å². The lowest BCUT2D eigenvalue weighted by molar-refractivity contribution is -0.125. The van der Waals surface area contributed by atoms with E-state index in [0.717, 1.165) is 4.31 Å². The summed E-state index contributed by atoms with van der Waals surface area (Å²) in [6.07, 6.45) is -4.31. The van der Waals surface area contributed by atoms with Crippen LogP contribution in [0.2, 0.25) is 0 Å². The molecule has 0 spiro atoms. The number of nitrogens with zero attached hydrogens (tertiary/aromatic N) is 1. The van der Waals surface area contributed by atoms with Gasteiger partial charge in [0.15, 0.2) is 0 Å². The zero-order valence-electron chi connectivity index (χ0n) is 9.78. The average Bonchev–Trinajstić information content (AvgIpc) is 2.64. The first-order valence-corrected chi connectivity index (χ1v) is 6.35. The van der Waals surface area contributed by atoms with Gasteiger partial charge in [0.2, 0.25) is 5.09 Å². The fraction of sp³-hybridized carbons (Fsp3) is 0.556. The van der Waals surface area contributed by atoms with Crippen LogP contribution < -0.4 is 5.32 Å². The maximum atomic E-state index is 11.9. The molecule has 0 amide bonds. The number of furan rings is 1. The molecule has 0 aliphatic rings. The normalized spacial score (nSPS) is 13.2. The molecule has 1 heterocycles. The van der Waals surface area contributed by atoms with E-state index in [4.69, 9.17) is 4.42 Å². The molecule has 18 heavy (non-hydrogen) atoms. The summed E-state index contributed by atoms with van der Waals surface area (Å²) in [4.78, 5) is 0. The molecule has 0 bridgehead atoms. The highest BCUT2D eigenvalue weighted by Gasteiger charge is 2.26. The molecular weight excluding hydrogens is 273 g/mol. The molecule has 0 aliphatic heterocycles. The van der Waals surface area contributed by atoms with Crippen molar-refractivity contribution < 1.29 is 26.0 Å². The highest BCUT2D eigenvalue weighted by atomic mass is 32.2. The van der Waals surface area contributed by atoms with Gasteiger partial charge in [0.1, 0.15) is 5.76 Å². The van der Waals surface area contributed by atoms with E-state index in [1.165, 1.54) is 26.2 Å². The van der Waals surface area contributed by atoms with Crippen LogP contribution in [0.3, 0.4) is 0 Å². The predicted octanol–water partition coefficient (Wildman–Crippen LogP) is 1.18. The van der Waals surface area contributed by atoms with Crippen molar-refractivity contribution in [2.75, 3.05) is 20.6 Å². The van der Waals surface area contributed by atoms with E-state index in [9.17, 15) is 21.6 Å². The Morgan fingerprint density at radius 2 is 1.94 bits per heavy atom. The Morgan fingerprint density at radius 1 is 1.33 bits per heavy atom. The molecule has 0 aliphatic carbocycles. The minimum atomic E-state index is -4.31. The quantitative estimate of drug-likeness (QED) is 0.883. The van der Waals surface area contributed by atoms with Gasteiger partial charge >= 0.3 is 6.18 Å². The third-order valence-corrected chi connectivity index (χ3v) is 3.69. The van der Waals surface area contributed by atoms with Crippen molar-refractivity contribution in [2.45, 2.75) is 17.8 Å². The summed E-state index contributed by atoms with van der Waals surface area (Å²) >= 11 is 0. The van der Waals surface area contributed by atoms with E-state index in [1.54, 1.807) is 0 Å². The van der Waals surface area contributed by atoms with E-state index >= 15 is 0 Å². The van der Waals surface area contributed by atoms with Crippen LogP contribution in [0.15, 0.2) is 21.6 Å². The lowest BCUT2D eigenvalue weighted by Gasteiger charge is -2.08. The second kappa shape index (κ2) is 5.29. The first-order chi connectivity index (χ1) is 8.13. The Kier molecular flexibility index (Phi) is 4.41. The first-order valence-electron chi connectivity index (χ1n) is 4.91. The molecule has 1 N–H and O–H groups in total. The van der Waals surface area contributed by atoms with Crippen LogP contribution in [0, 0.1) is 0 Å². The van der Waals surface area contributed by atoms with E-state index in [-0.39, 0.29) is 17.4 Å². The van der Waals surface area contributed by atoms with Crippen molar-refractivity contribution in [3.8, 4) is 0 Å². The van der Waals surface area contributed by atoms with Crippen molar-refractivity contribution in [3.63, 3.8) is 0 Å². The highest BCUT2D eigenvalue weighted by Crippen LogP contribution is 2.17. The molecular formula is C9H13F3N2O3S. The van der Waals surface area contributed by atoms with Crippen molar-refractivity contribution in [2.24, 2.45) is 0 Å². The van der Waals surface area contributed by atoms with Crippen LogP contribution in [-0.2, 0) is 16.6 Å². The standard InChI is InChI=1S/C9H13F3N2O3S/c1-14(2)18(15,16)8-4-3-7(17-8)5-13-6-9(10,11)12/h3-4,13H,5-6H2,1-2H3. The van der Waals surface area contributed by atoms with Gasteiger partial charge in [-0.2, -0.15) is 13.2 Å². The summed E-state index contributed by atoms with van der Waals surface area (Å²) in [7, 11) is -1.03. The Morgan fingerprint density at radius 3 is 2.44 bits per heavy atom. The van der Waals surface area contributed by atoms with Gasteiger partial charge in [-0.25, -0.2) is 12.7 Å². The van der Waals surface area contributed by atoms with Crippen LogP contribution in [0.5, 0.6) is 0 Å². The topological polar surface area (TPSA) is 62.6 Å². The Bertz CT molecular complexity index is 493. The molecule has 0 atom stereocenters. The largest absolute Gasteiger partial charge is 0.447 e. The fourth-order valence-corrected chi connectivity index (χ4v) is 1.91. The van der Waals surface area contributed by atoms with Crippen LogP contribution in [0.1, 0.15) is 5.76 Å². The SMILES string of the molecule is CN(C)S(=O)(=O)c1ccc(CNCC(F)(F)F)o1. The lowest BCUT2D eigenvalue weighted by Crippen LogP contribution is -2.28. The van der Waals surface area contributed by atoms with Crippen LogP contribution in [0.25, 0.3) is 0 Å². The molecule has 0 saturated heterocycles. The summed E-state index contributed by atoms with van der Waals surface area (Å²) in [5.41, 5.74) is 0. The summed E-state index contributed by atoms with van der Waals surface area (Å²) in [5, 5.41) is 1.81. The van der Waals surface area contributed by atoms with Crippen molar-refractivity contribution >= 4 is 10.0 Å². The second-order valence-electron chi connectivity index (χ2n) is 3.73. The molecule has 1 rings (SSSR count). The number of sulfonamides is 1. The number of alkyl halides is 3. The number of nitrogens with one attached hydrogen (secondary N) is 1.